The van der Waals surface area contributed by atoms with Crippen LogP contribution in [-0.2, 0) is 9.53 Å². The van der Waals surface area contributed by atoms with E-state index in [0.29, 0.717) is 16.5 Å². The Kier molecular flexibility index (Phi) is 4.93. The third-order valence-corrected chi connectivity index (χ3v) is 4.32. The van der Waals surface area contributed by atoms with E-state index < -0.39 is 5.97 Å². The minimum atomic E-state index is -0.400. The van der Waals surface area contributed by atoms with Gasteiger partial charge >= 0.3 is 5.97 Å². The van der Waals surface area contributed by atoms with Gasteiger partial charge in [-0.1, -0.05) is 47.5 Å². The molecule has 1 heterocycles. The first-order valence-corrected chi connectivity index (χ1v) is 8.14. The Bertz CT molecular complexity index is 856. The van der Waals surface area contributed by atoms with Crippen LogP contribution in [0.5, 0.6) is 0 Å². The zero-order valence-corrected chi connectivity index (χ0v) is 14.5. The molecule has 0 unspecified atom stereocenters. The lowest BCUT2D eigenvalue weighted by Crippen LogP contribution is -2.04. The molecule has 0 aromatic heterocycles. The second-order valence-corrected chi connectivity index (χ2v) is 6.15. The zero-order chi connectivity index (χ0) is 17.1. The summed E-state index contributed by atoms with van der Waals surface area (Å²) < 4.78 is 4.71. The molecule has 0 fully saturated rings. The van der Waals surface area contributed by atoms with E-state index in [4.69, 9.17) is 27.9 Å². The van der Waals surface area contributed by atoms with Gasteiger partial charge in [0.05, 0.1) is 7.11 Å². The highest BCUT2D eigenvalue weighted by Gasteiger charge is 2.17. The molecule has 1 aliphatic rings. The average molecular weight is 360 g/mol. The number of nitrogens with one attached hydrogen (secondary N) is 1. The van der Waals surface area contributed by atoms with Gasteiger partial charge < -0.3 is 10.1 Å². The summed E-state index contributed by atoms with van der Waals surface area (Å²) in [5, 5.41) is 4.57. The van der Waals surface area contributed by atoms with E-state index in [1.807, 2.05) is 42.5 Å². The summed E-state index contributed by atoms with van der Waals surface area (Å²) in [5.74, 6) is -0.400. The van der Waals surface area contributed by atoms with Crippen molar-refractivity contribution in [3.63, 3.8) is 0 Å². The van der Waals surface area contributed by atoms with Crippen LogP contribution in [0, 0.1) is 0 Å². The van der Waals surface area contributed by atoms with Crippen LogP contribution in [0.4, 0.5) is 5.69 Å². The molecule has 2 aromatic rings. The minimum Gasteiger partial charge on any atom is -0.466 e. The summed E-state index contributed by atoms with van der Waals surface area (Å²) in [6.07, 6.45) is 4.03. The van der Waals surface area contributed by atoms with Crippen molar-refractivity contribution in [2.75, 3.05) is 12.4 Å². The van der Waals surface area contributed by atoms with E-state index in [-0.39, 0.29) is 0 Å². The SMILES string of the molecule is COC(=O)C=C1CC=C(c2ccccc2Cl)c2cc(Cl)ccc2N1. The Labute approximate surface area is 150 Å². The number of halogens is 2. The van der Waals surface area contributed by atoms with Gasteiger partial charge in [0.15, 0.2) is 0 Å². The Morgan fingerprint density at radius 2 is 1.96 bits per heavy atom. The van der Waals surface area contributed by atoms with Crippen LogP contribution < -0.4 is 5.32 Å². The van der Waals surface area contributed by atoms with Crippen molar-refractivity contribution >= 4 is 40.4 Å². The molecule has 0 bridgehead atoms. The lowest BCUT2D eigenvalue weighted by atomic mass is 9.96. The summed E-state index contributed by atoms with van der Waals surface area (Å²) in [7, 11) is 1.36. The maximum Gasteiger partial charge on any atom is 0.332 e. The van der Waals surface area contributed by atoms with Crippen molar-refractivity contribution < 1.29 is 9.53 Å². The largest absolute Gasteiger partial charge is 0.466 e. The number of hydrogen-bond donors (Lipinski definition) is 1. The summed E-state index contributed by atoms with van der Waals surface area (Å²) in [5.41, 5.74) is 4.43. The quantitative estimate of drug-likeness (QED) is 0.584. The van der Waals surface area contributed by atoms with Gasteiger partial charge in [0.2, 0.25) is 0 Å². The summed E-state index contributed by atoms with van der Waals surface area (Å²) in [6, 6.07) is 13.2. The number of ether oxygens (including phenoxy) is 1. The molecule has 122 valence electrons. The number of carbonyl (C=O) groups excluding carboxylic acids is 1. The van der Waals surface area contributed by atoms with E-state index in [1.165, 1.54) is 13.2 Å². The number of methoxy groups -OCH3 is 1. The van der Waals surface area contributed by atoms with Crippen molar-refractivity contribution in [2.45, 2.75) is 6.42 Å². The smallest absolute Gasteiger partial charge is 0.332 e. The van der Waals surface area contributed by atoms with E-state index in [9.17, 15) is 4.79 Å². The van der Waals surface area contributed by atoms with E-state index >= 15 is 0 Å². The second-order valence-electron chi connectivity index (χ2n) is 5.31. The molecule has 1 N–H and O–H groups in total. The molecule has 0 amide bonds. The first-order chi connectivity index (χ1) is 11.6. The fraction of sp³-hybridized carbons (Fsp3) is 0.105. The Balaban J connectivity index is 2.15. The van der Waals surface area contributed by atoms with Crippen LogP contribution in [0.15, 0.2) is 60.3 Å². The molecule has 0 aliphatic carbocycles. The predicted octanol–water partition coefficient (Wildman–Crippen LogP) is 5.30. The average Bonchev–Trinajstić information content (AvgIpc) is 2.74. The molecule has 0 radical (unpaired) electrons. The van der Waals surface area contributed by atoms with Crippen molar-refractivity contribution in [3.05, 3.63) is 81.5 Å². The molecule has 1 aliphatic heterocycles. The van der Waals surface area contributed by atoms with Crippen molar-refractivity contribution in [1.29, 1.82) is 0 Å². The molecule has 3 rings (SSSR count). The molecule has 5 heteroatoms. The number of rotatable bonds is 2. The number of esters is 1. The number of carbonyl (C=O) groups is 1. The monoisotopic (exact) mass is 359 g/mol. The number of anilines is 1. The van der Waals surface area contributed by atoms with E-state index in [0.717, 1.165) is 28.1 Å². The number of benzene rings is 2. The van der Waals surface area contributed by atoms with E-state index in [2.05, 4.69) is 5.32 Å². The van der Waals surface area contributed by atoms with Gasteiger partial charge in [0.1, 0.15) is 0 Å². The topological polar surface area (TPSA) is 38.3 Å². The highest BCUT2D eigenvalue weighted by Crippen LogP contribution is 2.38. The number of fused-ring (bicyclic) bond motifs is 1. The molecule has 0 atom stereocenters. The van der Waals surface area contributed by atoms with Crippen LogP contribution in [0.3, 0.4) is 0 Å². The fourth-order valence-corrected chi connectivity index (χ4v) is 3.03. The molecule has 0 spiro atoms. The van der Waals surface area contributed by atoms with Gasteiger partial charge in [-0.2, -0.15) is 0 Å². The predicted molar refractivity (Wildman–Crippen MR) is 98.3 cm³/mol. The summed E-state index contributed by atoms with van der Waals surface area (Å²) in [4.78, 5) is 11.6. The van der Waals surface area contributed by atoms with Crippen LogP contribution in [0.2, 0.25) is 10.0 Å². The molecule has 24 heavy (non-hydrogen) atoms. The highest BCUT2D eigenvalue weighted by molar-refractivity contribution is 6.33. The van der Waals surface area contributed by atoms with Gasteiger partial charge in [-0.25, -0.2) is 4.79 Å². The minimum absolute atomic E-state index is 0.400. The second kappa shape index (κ2) is 7.12. The lowest BCUT2D eigenvalue weighted by molar-refractivity contribution is -0.134. The molecule has 2 aromatic carbocycles. The number of hydrogen-bond acceptors (Lipinski definition) is 3. The molecular formula is C19H15Cl2NO2. The maximum absolute atomic E-state index is 11.6. The maximum atomic E-state index is 11.6. The molecule has 0 saturated heterocycles. The molecule has 3 nitrogen and oxygen atoms in total. The standard InChI is InChI=1S/C19H15Cl2NO2/c1-24-19(23)11-13-7-8-14(15-4-2-3-5-17(15)21)16-10-12(20)6-9-18(16)22-13/h2-6,8-11,22H,7H2,1H3. The van der Waals surface area contributed by atoms with Crippen LogP contribution in [-0.4, -0.2) is 13.1 Å². The van der Waals surface area contributed by atoms with Crippen molar-refractivity contribution in [1.82, 2.24) is 0 Å². The Hall–Kier alpha value is -2.23. The Morgan fingerprint density at radius 3 is 2.71 bits per heavy atom. The zero-order valence-electron chi connectivity index (χ0n) is 13.0. The van der Waals surface area contributed by atoms with Crippen molar-refractivity contribution in [3.8, 4) is 0 Å². The third kappa shape index (κ3) is 3.48. The van der Waals surface area contributed by atoms with Gasteiger partial charge in [0.25, 0.3) is 0 Å². The van der Waals surface area contributed by atoms with Crippen molar-refractivity contribution in [2.24, 2.45) is 0 Å². The highest BCUT2D eigenvalue weighted by atomic mass is 35.5. The Morgan fingerprint density at radius 1 is 1.17 bits per heavy atom. The van der Waals surface area contributed by atoms with Crippen LogP contribution in [0.25, 0.3) is 5.57 Å². The lowest BCUT2D eigenvalue weighted by Gasteiger charge is -2.14. The molecule has 0 saturated carbocycles. The first-order valence-electron chi connectivity index (χ1n) is 7.39. The fourth-order valence-electron chi connectivity index (χ4n) is 2.63. The van der Waals surface area contributed by atoms with Gasteiger partial charge in [-0.15, -0.1) is 0 Å². The third-order valence-electron chi connectivity index (χ3n) is 3.75. The number of allylic oxidation sites excluding steroid dienone is 1. The van der Waals surface area contributed by atoms with Gasteiger partial charge in [-0.05, 0) is 29.8 Å². The van der Waals surface area contributed by atoms with Crippen LogP contribution >= 0.6 is 23.2 Å². The molecular weight excluding hydrogens is 345 g/mol. The summed E-state index contributed by atoms with van der Waals surface area (Å²) >= 11 is 12.6. The normalized spacial score (nSPS) is 15.1. The van der Waals surface area contributed by atoms with E-state index in [1.54, 1.807) is 6.07 Å². The first kappa shape index (κ1) is 16.6. The van der Waals surface area contributed by atoms with Gasteiger partial charge in [0, 0.05) is 45.1 Å². The van der Waals surface area contributed by atoms with Gasteiger partial charge in [-0.3, -0.25) is 0 Å². The van der Waals surface area contributed by atoms with Crippen LogP contribution in [0.1, 0.15) is 17.5 Å². The summed E-state index contributed by atoms with van der Waals surface area (Å²) in [6.45, 7) is 0.